The van der Waals surface area contributed by atoms with Crippen LogP contribution in [0.1, 0.15) is 5.89 Å². The summed E-state index contributed by atoms with van der Waals surface area (Å²) in [5.41, 5.74) is 5.27. The van der Waals surface area contributed by atoms with Crippen molar-refractivity contribution >= 4 is 29.7 Å². The lowest BCUT2D eigenvalue weighted by atomic mass is 10.4. The average molecular weight is 260 g/mol. The van der Waals surface area contributed by atoms with Crippen molar-refractivity contribution in [2.45, 2.75) is 13.0 Å². The van der Waals surface area contributed by atoms with E-state index >= 15 is 0 Å². The van der Waals surface area contributed by atoms with E-state index in [1.165, 1.54) is 0 Å². The number of amides is 1. The van der Waals surface area contributed by atoms with Crippen molar-refractivity contribution in [2.24, 2.45) is 5.73 Å². The number of carboxylic acid groups (broad SMARTS) is 1. The van der Waals surface area contributed by atoms with Crippen LogP contribution in [0.4, 0.5) is 6.01 Å². The summed E-state index contributed by atoms with van der Waals surface area (Å²) < 4.78 is 4.94. The Morgan fingerprint density at radius 1 is 1.59 bits per heavy atom. The summed E-state index contributed by atoms with van der Waals surface area (Å²) >= 11 is 1.12. The van der Waals surface area contributed by atoms with Crippen molar-refractivity contribution in [1.82, 2.24) is 10.2 Å². The quantitative estimate of drug-likeness (QED) is 0.621. The van der Waals surface area contributed by atoms with E-state index in [-0.39, 0.29) is 23.4 Å². The number of aliphatic carboxylic acids is 1. The van der Waals surface area contributed by atoms with Crippen LogP contribution in [0.2, 0.25) is 0 Å². The largest absolute Gasteiger partial charge is 0.480 e. The molecule has 1 atom stereocenters. The van der Waals surface area contributed by atoms with Crippen molar-refractivity contribution in [3.63, 3.8) is 0 Å². The summed E-state index contributed by atoms with van der Waals surface area (Å²) in [5, 5.41) is 18.0. The molecule has 0 aromatic carbocycles. The van der Waals surface area contributed by atoms with Gasteiger partial charge in [0.15, 0.2) is 0 Å². The fraction of sp³-hybridized carbons (Fsp3) is 0.500. The summed E-state index contributed by atoms with van der Waals surface area (Å²) in [7, 11) is 0. The van der Waals surface area contributed by atoms with Gasteiger partial charge >= 0.3 is 12.0 Å². The molecule has 17 heavy (non-hydrogen) atoms. The van der Waals surface area contributed by atoms with E-state index in [0.29, 0.717) is 5.89 Å². The van der Waals surface area contributed by atoms with Crippen LogP contribution >= 0.6 is 11.8 Å². The summed E-state index contributed by atoms with van der Waals surface area (Å²) in [6.07, 6.45) is 0. The zero-order valence-electron chi connectivity index (χ0n) is 9.04. The van der Waals surface area contributed by atoms with Crippen LogP contribution in [0.15, 0.2) is 4.42 Å². The smallest absolute Gasteiger partial charge is 0.322 e. The lowest BCUT2D eigenvalue weighted by Gasteiger charge is -2.04. The van der Waals surface area contributed by atoms with Gasteiger partial charge in [0.2, 0.25) is 11.8 Å². The van der Waals surface area contributed by atoms with Gasteiger partial charge in [0.25, 0.3) is 0 Å². The van der Waals surface area contributed by atoms with Crippen molar-refractivity contribution in [1.29, 1.82) is 0 Å². The Bertz CT molecular complexity index is 408. The van der Waals surface area contributed by atoms with Crippen LogP contribution in [0.25, 0.3) is 0 Å². The molecule has 0 radical (unpaired) electrons. The summed E-state index contributed by atoms with van der Waals surface area (Å²) in [5.74, 6) is -0.865. The number of anilines is 1. The van der Waals surface area contributed by atoms with Gasteiger partial charge in [-0.05, 0) is 0 Å². The fourth-order valence-corrected chi connectivity index (χ4v) is 1.62. The van der Waals surface area contributed by atoms with E-state index in [2.05, 4.69) is 15.5 Å². The van der Waals surface area contributed by atoms with Gasteiger partial charge in [-0.2, -0.15) is 0 Å². The SMILES string of the molecule is Cc1nnc(NC(=O)CSCC(N)C(=O)O)o1. The molecule has 0 fully saturated rings. The van der Waals surface area contributed by atoms with Gasteiger partial charge in [0, 0.05) is 12.7 Å². The Balaban J connectivity index is 2.24. The van der Waals surface area contributed by atoms with E-state index in [1.807, 2.05) is 0 Å². The first kappa shape index (κ1) is 13.5. The first-order valence-electron chi connectivity index (χ1n) is 4.65. The van der Waals surface area contributed by atoms with E-state index < -0.39 is 12.0 Å². The normalized spacial score (nSPS) is 12.1. The highest BCUT2D eigenvalue weighted by molar-refractivity contribution is 8.00. The Morgan fingerprint density at radius 2 is 2.29 bits per heavy atom. The molecule has 1 aromatic heterocycles. The highest BCUT2D eigenvalue weighted by Crippen LogP contribution is 2.06. The number of aromatic nitrogens is 2. The third-order valence-electron chi connectivity index (χ3n) is 1.62. The number of carbonyl (C=O) groups excluding carboxylic acids is 1. The summed E-state index contributed by atoms with van der Waals surface area (Å²) in [6.45, 7) is 1.60. The zero-order chi connectivity index (χ0) is 12.8. The summed E-state index contributed by atoms with van der Waals surface area (Å²) in [4.78, 5) is 21.7. The molecule has 9 heteroatoms. The maximum Gasteiger partial charge on any atom is 0.322 e. The van der Waals surface area contributed by atoms with Crippen LogP contribution < -0.4 is 11.1 Å². The van der Waals surface area contributed by atoms with Crippen LogP contribution in [0.5, 0.6) is 0 Å². The Labute approximate surface area is 101 Å². The Kier molecular flexibility index (Phi) is 4.91. The number of thioether (sulfide) groups is 1. The van der Waals surface area contributed by atoms with Crippen LogP contribution in [0, 0.1) is 6.92 Å². The van der Waals surface area contributed by atoms with Gasteiger partial charge in [0.05, 0.1) is 5.75 Å². The molecule has 94 valence electrons. The summed E-state index contributed by atoms with van der Waals surface area (Å²) in [6, 6.07) is -0.950. The number of nitrogens with one attached hydrogen (secondary N) is 1. The lowest BCUT2D eigenvalue weighted by Crippen LogP contribution is -2.33. The number of hydrogen-bond donors (Lipinski definition) is 3. The molecule has 0 spiro atoms. The van der Waals surface area contributed by atoms with E-state index in [9.17, 15) is 9.59 Å². The van der Waals surface area contributed by atoms with Crippen molar-refractivity contribution < 1.29 is 19.1 Å². The molecule has 1 amide bonds. The van der Waals surface area contributed by atoms with E-state index in [4.69, 9.17) is 15.3 Å². The van der Waals surface area contributed by atoms with Crippen LogP contribution in [-0.4, -0.2) is 44.7 Å². The molecule has 1 aromatic rings. The fourth-order valence-electron chi connectivity index (χ4n) is 0.852. The minimum atomic E-state index is -1.09. The monoisotopic (exact) mass is 260 g/mol. The van der Waals surface area contributed by atoms with Crippen LogP contribution in [0.3, 0.4) is 0 Å². The standard InChI is InChI=1S/C8H12N4O4S/c1-4-11-12-8(16-4)10-6(13)3-17-2-5(9)7(14)15/h5H,2-3,9H2,1H3,(H,14,15)(H,10,12,13). The number of aryl methyl sites for hydroxylation is 1. The molecule has 1 heterocycles. The number of hydrogen-bond acceptors (Lipinski definition) is 7. The molecule has 0 aliphatic rings. The first-order chi connectivity index (χ1) is 7.99. The maximum absolute atomic E-state index is 11.3. The number of carbonyl (C=O) groups is 2. The van der Waals surface area contributed by atoms with Gasteiger partial charge in [0.1, 0.15) is 6.04 Å². The molecule has 0 aliphatic heterocycles. The number of carboxylic acids is 1. The number of rotatable bonds is 6. The van der Waals surface area contributed by atoms with Crippen LogP contribution in [-0.2, 0) is 9.59 Å². The molecule has 0 bridgehead atoms. The second-order valence-corrected chi connectivity index (χ2v) is 4.16. The zero-order valence-corrected chi connectivity index (χ0v) is 9.86. The molecule has 1 rings (SSSR count). The van der Waals surface area contributed by atoms with Gasteiger partial charge in [-0.15, -0.1) is 16.9 Å². The predicted octanol–water partition coefficient (Wildman–Crippen LogP) is -0.538. The average Bonchev–Trinajstić information content (AvgIpc) is 2.63. The highest BCUT2D eigenvalue weighted by atomic mass is 32.2. The highest BCUT2D eigenvalue weighted by Gasteiger charge is 2.13. The van der Waals surface area contributed by atoms with Gasteiger partial charge < -0.3 is 15.3 Å². The molecule has 0 aliphatic carbocycles. The van der Waals surface area contributed by atoms with E-state index in [1.54, 1.807) is 6.92 Å². The van der Waals surface area contributed by atoms with Gasteiger partial charge in [-0.1, -0.05) is 5.10 Å². The Hall–Kier alpha value is -1.61. The van der Waals surface area contributed by atoms with Crippen molar-refractivity contribution in [3.05, 3.63) is 5.89 Å². The second-order valence-electron chi connectivity index (χ2n) is 3.13. The minimum absolute atomic E-state index is 0.0237. The maximum atomic E-state index is 11.3. The number of nitrogens with two attached hydrogens (primary N) is 1. The Morgan fingerprint density at radius 3 is 2.82 bits per heavy atom. The van der Waals surface area contributed by atoms with Crippen molar-refractivity contribution in [2.75, 3.05) is 16.8 Å². The molecule has 0 saturated heterocycles. The second kappa shape index (κ2) is 6.21. The van der Waals surface area contributed by atoms with Crippen molar-refractivity contribution in [3.8, 4) is 0 Å². The predicted molar refractivity (Wildman–Crippen MR) is 60.6 cm³/mol. The number of nitrogens with zero attached hydrogens (tertiary/aromatic N) is 2. The molecular formula is C8H12N4O4S. The third-order valence-corrected chi connectivity index (χ3v) is 2.68. The van der Waals surface area contributed by atoms with Gasteiger partial charge in [-0.25, -0.2) is 0 Å². The molecule has 1 unspecified atom stereocenters. The topological polar surface area (TPSA) is 131 Å². The van der Waals surface area contributed by atoms with E-state index in [0.717, 1.165) is 11.8 Å². The molecular weight excluding hydrogens is 248 g/mol. The van der Waals surface area contributed by atoms with Gasteiger partial charge in [-0.3, -0.25) is 14.9 Å². The molecule has 4 N–H and O–H groups in total. The molecule has 8 nitrogen and oxygen atoms in total. The molecule has 0 saturated carbocycles. The third kappa shape index (κ3) is 4.83. The first-order valence-corrected chi connectivity index (χ1v) is 5.80. The lowest BCUT2D eigenvalue weighted by molar-refractivity contribution is -0.137. The minimum Gasteiger partial charge on any atom is -0.480 e.